The number of aryl methyl sites for hydroxylation is 1. The summed E-state index contributed by atoms with van der Waals surface area (Å²) in [6.45, 7) is 2.02. The second-order valence-corrected chi connectivity index (χ2v) is 8.90. The van der Waals surface area contributed by atoms with E-state index >= 15 is 0 Å². The molecule has 1 amide bonds. The highest BCUT2D eigenvalue weighted by molar-refractivity contribution is 7.99. The van der Waals surface area contributed by atoms with Gasteiger partial charge in [-0.2, -0.15) is 0 Å². The molecule has 0 unspecified atom stereocenters. The highest BCUT2D eigenvalue weighted by Gasteiger charge is 2.11. The van der Waals surface area contributed by atoms with Crippen LogP contribution in [0.2, 0.25) is 10.0 Å². The van der Waals surface area contributed by atoms with E-state index in [-0.39, 0.29) is 11.7 Å². The van der Waals surface area contributed by atoms with Crippen molar-refractivity contribution in [1.29, 1.82) is 0 Å². The van der Waals surface area contributed by atoms with E-state index in [1.54, 1.807) is 30.3 Å². The smallest absolute Gasteiger partial charge is 0.248 e. The number of thioether (sulfide) groups is 1. The van der Waals surface area contributed by atoms with Crippen LogP contribution >= 0.6 is 35.0 Å². The van der Waals surface area contributed by atoms with Crippen LogP contribution in [0.5, 0.6) is 0 Å². The molecule has 0 spiro atoms. The molecule has 5 nitrogen and oxygen atoms in total. The number of anilines is 1. The zero-order valence-electron chi connectivity index (χ0n) is 17.1. The lowest BCUT2D eigenvalue weighted by Gasteiger charge is -2.08. The Morgan fingerprint density at radius 2 is 1.47 bits per heavy atom. The predicted molar refractivity (Wildman–Crippen MR) is 131 cm³/mol. The van der Waals surface area contributed by atoms with Gasteiger partial charge in [0.15, 0.2) is 0 Å². The molecule has 4 rings (SSSR count). The number of nitrogens with one attached hydrogen (secondary N) is 1. The molecule has 1 heterocycles. The summed E-state index contributed by atoms with van der Waals surface area (Å²) in [5.74, 6) is 1.63. The monoisotopic (exact) mass is 483 g/mol. The molecular formula is C24H19Cl2N3O2S. The van der Waals surface area contributed by atoms with E-state index < -0.39 is 0 Å². The van der Waals surface area contributed by atoms with Crippen LogP contribution in [0.1, 0.15) is 11.1 Å². The Balaban J connectivity index is 1.33. The first-order chi connectivity index (χ1) is 15.5. The summed E-state index contributed by atoms with van der Waals surface area (Å²) >= 11 is 13.8. The number of carbonyl (C=O) groups excluding carboxylic acids is 1. The van der Waals surface area contributed by atoms with Gasteiger partial charge < -0.3 is 9.73 Å². The minimum atomic E-state index is -0.106. The summed E-state index contributed by atoms with van der Waals surface area (Å²) in [6, 6.07) is 20.5. The van der Waals surface area contributed by atoms with Crippen LogP contribution in [0.3, 0.4) is 0 Å². The lowest BCUT2D eigenvalue weighted by molar-refractivity contribution is -0.113. The number of aromatic nitrogens is 2. The maximum absolute atomic E-state index is 12.3. The minimum Gasteiger partial charge on any atom is -0.416 e. The van der Waals surface area contributed by atoms with E-state index in [9.17, 15) is 4.79 Å². The van der Waals surface area contributed by atoms with Crippen molar-refractivity contribution in [2.75, 3.05) is 11.1 Å². The third-order valence-electron chi connectivity index (χ3n) is 4.68. The number of benzene rings is 3. The van der Waals surface area contributed by atoms with E-state index in [1.165, 1.54) is 11.8 Å². The van der Waals surface area contributed by atoms with Crippen LogP contribution in [-0.2, 0) is 10.5 Å². The van der Waals surface area contributed by atoms with Crippen molar-refractivity contribution in [2.45, 2.75) is 12.7 Å². The molecule has 0 bridgehead atoms. The van der Waals surface area contributed by atoms with Crippen LogP contribution in [0, 0.1) is 6.92 Å². The Morgan fingerprint density at radius 1 is 0.906 bits per heavy atom. The Morgan fingerprint density at radius 3 is 2.06 bits per heavy atom. The van der Waals surface area contributed by atoms with Gasteiger partial charge in [0.1, 0.15) is 0 Å². The van der Waals surface area contributed by atoms with Crippen LogP contribution in [0.4, 0.5) is 5.69 Å². The summed E-state index contributed by atoms with van der Waals surface area (Å²) < 4.78 is 5.80. The fourth-order valence-corrected chi connectivity index (χ4v) is 4.53. The van der Waals surface area contributed by atoms with Crippen molar-refractivity contribution in [3.05, 3.63) is 87.9 Å². The SMILES string of the molecule is Cc1ccc(-c2nnc(-c3ccc(NC(=O)CSCc4c(Cl)cccc4Cl)cc3)o2)cc1. The Hall–Kier alpha value is -2.80. The Bertz CT molecular complexity index is 1200. The number of hydrogen-bond donors (Lipinski definition) is 1. The maximum atomic E-state index is 12.3. The quantitative estimate of drug-likeness (QED) is 0.309. The number of rotatable bonds is 7. The Kier molecular flexibility index (Phi) is 7.15. The average Bonchev–Trinajstić information content (AvgIpc) is 3.27. The van der Waals surface area contributed by atoms with Crippen molar-refractivity contribution in [3.8, 4) is 22.9 Å². The van der Waals surface area contributed by atoms with E-state index in [0.29, 0.717) is 33.3 Å². The van der Waals surface area contributed by atoms with Crippen LogP contribution in [-0.4, -0.2) is 21.9 Å². The summed E-state index contributed by atoms with van der Waals surface area (Å²) in [6.07, 6.45) is 0. The van der Waals surface area contributed by atoms with Gasteiger partial charge in [-0.15, -0.1) is 22.0 Å². The Labute approximate surface area is 200 Å². The molecule has 0 fully saturated rings. The molecule has 1 aromatic heterocycles. The number of amides is 1. The number of carbonyl (C=O) groups is 1. The van der Waals surface area contributed by atoms with Crippen molar-refractivity contribution >= 4 is 46.6 Å². The topological polar surface area (TPSA) is 68.0 Å². The summed E-state index contributed by atoms with van der Waals surface area (Å²) in [5, 5.41) is 12.3. The van der Waals surface area contributed by atoms with E-state index in [1.807, 2.05) is 43.3 Å². The molecule has 0 saturated carbocycles. The molecule has 0 radical (unpaired) electrons. The fraction of sp³-hybridized carbons (Fsp3) is 0.125. The van der Waals surface area contributed by atoms with Gasteiger partial charge in [0.05, 0.1) is 5.75 Å². The lowest BCUT2D eigenvalue weighted by atomic mass is 10.1. The van der Waals surface area contributed by atoms with Crippen LogP contribution < -0.4 is 5.32 Å². The van der Waals surface area contributed by atoms with Crippen molar-refractivity contribution in [3.63, 3.8) is 0 Å². The summed E-state index contributed by atoms with van der Waals surface area (Å²) in [5.41, 5.74) is 4.33. The van der Waals surface area contributed by atoms with Gasteiger partial charge in [-0.1, -0.05) is 47.0 Å². The summed E-state index contributed by atoms with van der Waals surface area (Å²) in [4.78, 5) is 12.3. The predicted octanol–water partition coefficient (Wildman–Crippen LogP) is 6.89. The zero-order chi connectivity index (χ0) is 22.5. The number of hydrogen-bond acceptors (Lipinski definition) is 5. The molecule has 0 atom stereocenters. The molecular weight excluding hydrogens is 465 g/mol. The molecule has 162 valence electrons. The van der Waals surface area contributed by atoms with E-state index in [4.69, 9.17) is 27.6 Å². The molecule has 1 N–H and O–H groups in total. The molecule has 32 heavy (non-hydrogen) atoms. The molecule has 0 aliphatic heterocycles. The molecule has 4 aromatic rings. The minimum absolute atomic E-state index is 0.106. The van der Waals surface area contributed by atoms with Crippen molar-refractivity contribution in [1.82, 2.24) is 10.2 Å². The average molecular weight is 484 g/mol. The van der Waals surface area contributed by atoms with E-state index in [0.717, 1.165) is 22.3 Å². The zero-order valence-corrected chi connectivity index (χ0v) is 19.5. The molecule has 3 aromatic carbocycles. The van der Waals surface area contributed by atoms with Gasteiger partial charge in [0.25, 0.3) is 0 Å². The summed E-state index contributed by atoms with van der Waals surface area (Å²) in [7, 11) is 0. The van der Waals surface area contributed by atoms with Crippen LogP contribution in [0.15, 0.2) is 71.1 Å². The third kappa shape index (κ3) is 5.51. The van der Waals surface area contributed by atoms with E-state index in [2.05, 4.69) is 15.5 Å². The standard InChI is InChI=1S/C24H19Cl2N3O2S/c1-15-5-7-16(8-6-15)23-28-29-24(31-23)17-9-11-18(12-10-17)27-22(30)14-32-13-19-20(25)3-2-4-21(19)26/h2-12H,13-14H2,1H3,(H,27,30). The highest BCUT2D eigenvalue weighted by atomic mass is 35.5. The molecule has 8 heteroatoms. The molecule has 0 saturated heterocycles. The second kappa shape index (κ2) is 10.2. The fourth-order valence-electron chi connectivity index (χ4n) is 2.96. The number of halogens is 2. The highest BCUT2D eigenvalue weighted by Crippen LogP contribution is 2.28. The largest absolute Gasteiger partial charge is 0.416 e. The third-order valence-corrected chi connectivity index (χ3v) is 6.35. The van der Waals surface area contributed by atoms with Gasteiger partial charge in [0, 0.05) is 32.6 Å². The molecule has 0 aliphatic carbocycles. The van der Waals surface area contributed by atoms with Gasteiger partial charge in [0.2, 0.25) is 17.7 Å². The normalized spacial score (nSPS) is 10.8. The van der Waals surface area contributed by atoms with Crippen molar-refractivity contribution in [2.24, 2.45) is 0 Å². The lowest BCUT2D eigenvalue weighted by Crippen LogP contribution is -2.14. The number of nitrogens with zero attached hydrogens (tertiary/aromatic N) is 2. The van der Waals surface area contributed by atoms with Gasteiger partial charge in [-0.05, 0) is 61.0 Å². The maximum Gasteiger partial charge on any atom is 0.248 e. The molecule has 0 aliphatic rings. The van der Waals surface area contributed by atoms with Gasteiger partial charge in [-0.3, -0.25) is 4.79 Å². The van der Waals surface area contributed by atoms with Gasteiger partial charge >= 0.3 is 0 Å². The first-order valence-electron chi connectivity index (χ1n) is 9.81. The van der Waals surface area contributed by atoms with Crippen molar-refractivity contribution < 1.29 is 9.21 Å². The van der Waals surface area contributed by atoms with Gasteiger partial charge in [-0.25, -0.2) is 0 Å². The second-order valence-electron chi connectivity index (χ2n) is 7.10. The van der Waals surface area contributed by atoms with Crippen LogP contribution in [0.25, 0.3) is 22.9 Å². The first-order valence-corrected chi connectivity index (χ1v) is 11.7. The first kappa shape index (κ1) is 22.4.